The van der Waals surface area contributed by atoms with Crippen molar-refractivity contribution in [1.82, 2.24) is 15.2 Å². The number of piperazine rings is 1. The average molecular weight is 619 g/mol. The number of anilines is 2. The second-order valence-electron chi connectivity index (χ2n) is 11.2. The molecule has 1 saturated heterocycles. The van der Waals surface area contributed by atoms with Crippen molar-refractivity contribution < 1.29 is 27.5 Å². The summed E-state index contributed by atoms with van der Waals surface area (Å²) < 4.78 is 56.6. The van der Waals surface area contributed by atoms with Crippen molar-refractivity contribution in [1.29, 1.82) is 0 Å². The Morgan fingerprint density at radius 2 is 1.82 bits per heavy atom. The van der Waals surface area contributed by atoms with Gasteiger partial charge in [-0.2, -0.15) is 13.2 Å². The van der Waals surface area contributed by atoms with Gasteiger partial charge in [-0.3, -0.25) is 19.8 Å². The lowest BCUT2D eigenvalue weighted by atomic mass is 10.00. The number of aliphatic hydroxyl groups is 1. The molecule has 6 N–H and O–H groups in total. The predicted molar refractivity (Wildman–Crippen MR) is 162 cm³/mol. The van der Waals surface area contributed by atoms with Crippen LogP contribution in [0.4, 0.5) is 28.9 Å². The number of carbonyl (C=O) groups is 1. The quantitative estimate of drug-likeness (QED) is 0.130. The van der Waals surface area contributed by atoms with Gasteiger partial charge in [0, 0.05) is 43.0 Å². The van der Waals surface area contributed by atoms with Gasteiger partial charge in [0.1, 0.15) is 12.0 Å². The van der Waals surface area contributed by atoms with E-state index in [1.54, 1.807) is 18.2 Å². The number of carbonyl (C=O) groups excluding carboxylic acids is 1. The maximum atomic E-state index is 15.4. The first-order valence-electron chi connectivity index (χ1n) is 14.4. The van der Waals surface area contributed by atoms with E-state index in [4.69, 9.17) is 5.73 Å². The summed E-state index contributed by atoms with van der Waals surface area (Å²) in [5, 5.41) is 15.9. The van der Waals surface area contributed by atoms with Crippen molar-refractivity contribution in [3.63, 3.8) is 0 Å². The lowest BCUT2D eigenvalue weighted by Crippen LogP contribution is -2.55. The second-order valence-corrected chi connectivity index (χ2v) is 11.2. The van der Waals surface area contributed by atoms with Crippen LogP contribution in [0.5, 0.6) is 0 Å². The lowest BCUT2D eigenvalue weighted by molar-refractivity contribution is -0.138. The number of rotatable bonds is 10. The highest BCUT2D eigenvalue weighted by molar-refractivity contribution is 6.07. The van der Waals surface area contributed by atoms with E-state index in [9.17, 15) is 27.9 Å². The number of nitrogens with two attached hydrogens (primary N) is 1. The molecule has 1 fully saturated rings. The second kappa shape index (κ2) is 13.9. The first-order valence-corrected chi connectivity index (χ1v) is 14.4. The minimum absolute atomic E-state index is 0.137. The number of H-pyrrole nitrogens is 1. The number of hydrogen-bond donors (Lipinski definition) is 5. The molecule has 1 unspecified atom stereocenters. The number of alkyl halides is 3. The third-order valence-electron chi connectivity index (χ3n) is 8.01. The Morgan fingerprint density at radius 3 is 2.45 bits per heavy atom. The van der Waals surface area contributed by atoms with Crippen molar-refractivity contribution in [2.75, 3.05) is 43.4 Å². The van der Waals surface area contributed by atoms with Crippen molar-refractivity contribution in [3.05, 3.63) is 81.5 Å². The maximum absolute atomic E-state index is 15.4. The van der Waals surface area contributed by atoms with E-state index in [1.165, 1.54) is 18.2 Å². The largest absolute Gasteiger partial charge is 0.417 e. The number of aromatic amines is 1. The number of benzene rings is 2. The molecule has 0 bridgehead atoms. The number of nitrogens with zero attached hydrogens (tertiary/aromatic N) is 2. The van der Waals surface area contributed by atoms with E-state index in [1.807, 2.05) is 25.8 Å². The highest BCUT2D eigenvalue weighted by Gasteiger charge is 2.36. The normalized spacial score (nSPS) is 18.3. The molecule has 13 heteroatoms. The Kier molecular flexibility index (Phi) is 10.5. The number of aromatic nitrogens is 1. The molecule has 1 aromatic heterocycles. The molecule has 0 saturated carbocycles. The summed E-state index contributed by atoms with van der Waals surface area (Å²) in [6, 6.07) is 9.80. The van der Waals surface area contributed by atoms with Gasteiger partial charge in [-0.25, -0.2) is 4.39 Å². The SMILES string of the molecule is C[C@@H]1CN(c2ccc(-c3ccc(C(O)NCCCCN)cc3F)cc2NC(=O)c2c[nH]c(=O)cc2C(F)(F)F)C[C@H](C)N1C. The summed E-state index contributed by atoms with van der Waals surface area (Å²) in [6.07, 6.45) is -3.76. The number of nitrogens with one attached hydrogen (secondary N) is 3. The fourth-order valence-corrected chi connectivity index (χ4v) is 5.33. The molecule has 2 aromatic carbocycles. The van der Waals surface area contributed by atoms with Crippen LogP contribution in [0.3, 0.4) is 0 Å². The van der Waals surface area contributed by atoms with E-state index in [-0.39, 0.29) is 23.3 Å². The molecule has 3 atom stereocenters. The molecule has 238 valence electrons. The zero-order chi connectivity index (χ0) is 32.2. The van der Waals surface area contributed by atoms with Crippen molar-refractivity contribution in [2.24, 2.45) is 5.73 Å². The summed E-state index contributed by atoms with van der Waals surface area (Å²) >= 11 is 0. The Bertz CT molecular complexity index is 1520. The van der Waals surface area contributed by atoms with E-state index < -0.39 is 40.8 Å². The summed E-state index contributed by atoms with van der Waals surface area (Å²) in [6.45, 7) is 6.28. The van der Waals surface area contributed by atoms with Crippen LogP contribution in [0.2, 0.25) is 0 Å². The van der Waals surface area contributed by atoms with Crippen molar-refractivity contribution >= 4 is 17.3 Å². The molecule has 0 aliphatic carbocycles. The zero-order valence-electron chi connectivity index (χ0n) is 24.8. The molecule has 0 spiro atoms. The minimum Gasteiger partial charge on any atom is -0.374 e. The monoisotopic (exact) mass is 618 g/mol. The van der Waals surface area contributed by atoms with Crippen LogP contribution < -0.4 is 26.8 Å². The third-order valence-corrected chi connectivity index (χ3v) is 8.01. The van der Waals surface area contributed by atoms with Gasteiger partial charge in [0.25, 0.3) is 5.91 Å². The van der Waals surface area contributed by atoms with E-state index in [0.29, 0.717) is 49.1 Å². The number of halogens is 4. The first-order chi connectivity index (χ1) is 20.8. The molecule has 1 aliphatic rings. The first kappa shape index (κ1) is 33.1. The van der Waals surface area contributed by atoms with Crippen LogP contribution in [0.25, 0.3) is 11.1 Å². The van der Waals surface area contributed by atoms with E-state index in [0.717, 1.165) is 19.0 Å². The predicted octanol–water partition coefficient (Wildman–Crippen LogP) is 4.30. The molecular formula is C31H38F4N6O3. The van der Waals surface area contributed by atoms with Crippen LogP contribution in [0, 0.1) is 5.82 Å². The van der Waals surface area contributed by atoms with Gasteiger partial charge in [0.15, 0.2) is 0 Å². The molecule has 1 aliphatic heterocycles. The molecule has 1 amide bonds. The fraction of sp³-hybridized carbons (Fsp3) is 0.419. The van der Waals surface area contributed by atoms with Gasteiger partial charge in [-0.15, -0.1) is 0 Å². The topological polar surface area (TPSA) is 127 Å². The number of aliphatic hydroxyl groups excluding tert-OH is 1. The van der Waals surface area contributed by atoms with Gasteiger partial charge in [0.2, 0.25) is 5.56 Å². The highest BCUT2D eigenvalue weighted by atomic mass is 19.4. The van der Waals surface area contributed by atoms with E-state index in [2.05, 4.69) is 20.5 Å². The van der Waals surface area contributed by atoms with Gasteiger partial charge in [-0.1, -0.05) is 18.2 Å². The van der Waals surface area contributed by atoms with Crippen molar-refractivity contribution in [3.8, 4) is 11.1 Å². The number of pyridine rings is 1. The summed E-state index contributed by atoms with van der Waals surface area (Å²) in [4.78, 5) is 31.3. The number of hydrogen-bond acceptors (Lipinski definition) is 7. The molecule has 4 rings (SSSR count). The van der Waals surface area contributed by atoms with Gasteiger partial charge in [-0.05, 0) is 76.2 Å². The highest BCUT2D eigenvalue weighted by Crippen LogP contribution is 2.36. The van der Waals surface area contributed by atoms with Gasteiger partial charge in [0.05, 0.1) is 22.5 Å². The number of likely N-dealkylation sites (N-methyl/N-ethyl adjacent to an activating group) is 1. The van der Waals surface area contributed by atoms with Crippen LogP contribution in [-0.4, -0.2) is 66.2 Å². The lowest BCUT2D eigenvalue weighted by Gasteiger charge is -2.44. The zero-order valence-corrected chi connectivity index (χ0v) is 24.8. The minimum atomic E-state index is -4.94. The smallest absolute Gasteiger partial charge is 0.374 e. The van der Waals surface area contributed by atoms with Crippen LogP contribution in [0.15, 0.2) is 53.5 Å². The Hall–Kier alpha value is -3.78. The van der Waals surface area contributed by atoms with Crippen molar-refractivity contribution in [2.45, 2.75) is 51.2 Å². The third kappa shape index (κ3) is 7.65. The Morgan fingerprint density at radius 1 is 1.11 bits per heavy atom. The molecule has 0 radical (unpaired) electrons. The Labute approximate surface area is 253 Å². The van der Waals surface area contributed by atoms with Crippen LogP contribution in [0.1, 0.15) is 54.4 Å². The summed E-state index contributed by atoms with van der Waals surface area (Å²) in [5.74, 6) is -1.71. The Balaban J connectivity index is 1.71. The maximum Gasteiger partial charge on any atom is 0.417 e. The molecule has 3 aromatic rings. The van der Waals surface area contributed by atoms with Crippen LogP contribution in [-0.2, 0) is 6.18 Å². The summed E-state index contributed by atoms with van der Waals surface area (Å²) in [7, 11) is 2.01. The molecule has 9 nitrogen and oxygen atoms in total. The van der Waals surface area contributed by atoms with Crippen LogP contribution >= 0.6 is 0 Å². The number of unbranched alkanes of at least 4 members (excludes halogenated alkanes) is 1. The van der Waals surface area contributed by atoms with Gasteiger partial charge >= 0.3 is 6.18 Å². The molecule has 44 heavy (non-hydrogen) atoms. The van der Waals surface area contributed by atoms with Gasteiger partial charge < -0.3 is 26.0 Å². The average Bonchev–Trinajstić information content (AvgIpc) is 2.97. The standard InChI is InChI=1S/C31H38F4N6O3/c1-18-16-41(17-19(2)40(18)3)27-9-7-20(22-8-6-21(12-25(22)32)29(43)37-11-5-4-10-36)13-26(27)39-30(44)23-15-38-28(42)14-24(23)31(33,34)35/h6-9,12-15,18-19,29,37,43H,4-5,10-11,16-17,36H2,1-3H3,(H,38,42)(H,39,44)/t18-,19+,29?. The summed E-state index contributed by atoms with van der Waals surface area (Å²) in [5.41, 5.74) is 3.97. The number of amides is 1. The fourth-order valence-electron chi connectivity index (χ4n) is 5.33. The molecule has 2 heterocycles. The van der Waals surface area contributed by atoms with E-state index >= 15 is 4.39 Å². The molecular weight excluding hydrogens is 580 g/mol.